The Labute approximate surface area is 230 Å². The highest BCUT2D eigenvalue weighted by Crippen LogP contribution is 2.42. The molecule has 202 valence electrons. The van der Waals surface area contributed by atoms with Crippen LogP contribution in [0.3, 0.4) is 0 Å². The van der Waals surface area contributed by atoms with Crippen molar-refractivity contribution in [2.45, 2.75) is 59.0 Å². The van der Waals surface area contributed by atoms with E-state index >= 15 is 0 Å². The molecule has 0 bridgehead atoms. The minimum absolute atomic E-state index is 0.0163. The van der Waals surface area contributed by atoms with Gasteiger partial charge >= 0.3 is 5.97 Å². The molecule has 1 aliphatic carbocycles. The summed E-state index contributed by atoms with van der Waals surface area (Å²) in [5.74, 6) is 0.265. The van der Waals surface area contributed by atoms with Crippen LogP contribution in [0.15, 0.2) is 48.5 Å². The number of benzene rings is 2. The lowest BCUT2D eigenvalue weighted by Gasteiger charge is -2.18. The molecule has 7 nitrogen and oxygen atoms in total. The molecule has 0 spiro atoms. The molecule has 8 heteroatoms. The summed E-state index contributed by atoms with van der Waals surface area (Å²) in [7, 11) is 0. The highest BCUT2D eigenvalue weighted by atomic mass is 32.1. The molecule has 1 fully saturated rings. The standard InChI is InChI=1S/C30H37N3O4S/c1-4-37-30-32-27(22-13-14-22)26(16-31-28(34)23(18-38)15-19(2)3)33(30)17-20-9-11-21(12-10-20)24-7-5-6-8-25(24)29(35)36/h5-12,19,22-23,38H,4,13-18H2,1-3H3,(H,31,34)(H,35,36)/t23-/m1/s1. The van der Waals surface area contributed by atoms with E-state index < -0.39 is 5.97 Å². The van der Waals surface area contributed by atoms with Crippen LogP contribution >= 0.6 is 12.6 Å². The van der Waals surface area contributed by atoms with Crippen molar-refractivity contribution in [1.29, 1.82) is 0 Å². The number of aromatic carboxylic acids is 1. The van der Waals surface area contributed by atoms with Crippen molar-refractivity contribution in [3.05, 3.63) is 71.0 Å². The lowest BCUT2D eigenvalue weighted by Crippen LogP contribution is -2.33. The van der Waals surface area contributed by atoms with Gasteiger partial charge in [-0.15, -0.1) is 0 Å². The third-order valence-corrected chi connectivity index (χ3v) is 7.29. The maximum atomic E-state index is 13.0. The maximum absolute atomic E-state index is 13.0. The fourth-order valence-electron chi connectivity index (χ4n) is 4.80. The quantitative estimate of drug-likeness (QED) is 0.241. The molecule has 1 saturated carbocycles. The summed E-state index contributed by atoms with van der Waals surface area (Å²) < 4.78 is 8.00. The van der Waals surface area contributed by atoms with Crippen LogP contribution in [-0.2, 0) is 17.9 Å². The Kier molecular flexibility index (Phi) is 9.15. The lowest BCUT2D eigenvalue weighted by atomic mass is 9.98. The van der Waals surface area contributed by atoms with Gasteiger partial charge in [-0.1, -0.05) is 56.3 Å². The van der Waals surface area contributed by atoms with Gasteiger partial charge in [-0.3, -0.25) is 9.36 Å². The number of hydrogen-bond donors (Lipinski definition) is 3. The Morgan fingerprint density at radius 1 is 1.16 bits per heavy atom. The average Bonchev–Trinajstić information content (AvgIpc) is 3.70. The number of rotatable bonds is 13. The van der Waals surface area contributed by atoms with Crippen molar-refractivity contribution in [3.8, 4) is 17.1 Å². The SMILES string of the molecule is CCOc1nc(C2CC2)c(CNC(=O)[C@@H](CS)CC(C)C)n1Cc1ccc(-c2ccccc2C(=O)O)cc1. The van der Waals surface area contributed by atoms with Crippen LogP contribution in [0, 0.1) is 11.8 Å². The van der Waals surface area contributed by atoms with Gasteiger partial charge in [-0.25, -0.2) is 4.79 Å². The molecule has 38 heavy (non-hydrogen) atoms. The molecule has 1 aliphatic rings. The van der Waals surface area contributed by atoms with Crippen molar-refractivity contribution in [3.63, 3.8) is 0 Å². The van der Waals surface area contributed by atoms with Crippen LogP contribution < -0.4 is 10.1 Å². The number of aromatic nitrogens is 2. The molecule has 2 N–H and O–H groups in total. The number of hydrogen-bond acceptors (Lipinski definition) is 5. The van der Waals surface area contributed by atoms with Gasteiger partial charge in [0, 0.05) is 17.6 Å². The predicted octanol–water partition coefficient (Wildman–Crippen LogP) is 5.78. The van der Waals surface area contributed by atoms with Crippen LogP contribution in [0.5, 0.6) is 6.01 Å². The topological polar surface area (TPSA) is 93.5 Å². The van der Waals surface area contributed by atoms with Gasteiger partial charge in [0.05, 0.1) is 36.6 Å². The van der Waals surface area contributed by atoms with Crippen LogP contribution in [0.4, 0.5) is 0 Å². The van der Waals surface area contributed by atoms with E-state index in [2.05, 4.69) is 36.4 Å². The first-order valence-electron chi connectivity index (χ1n) is 13.3. The van der Waals surface area contributed by atoms with Crippen LogP contribution in [0.1, 0.15) is 73.3 Å². The van der Waals surface area contributed by atoms with Crippen molar-refractivity contribution < 1.29 is 19.4 Å². The zero-order valence-corrected chi connectivity index (χ0v) is 23.2. The smallest absolute Gasteiger partial charge is 0.336 e. The normalized spacial score (nSPS) is 13.9. The minimum Gasteiger partial charge on any atom is -0.478 e. The summed E-state index contributed by atoms with van der Waals surface area (Å²) in [5.41, 5.74) is 4.82. The number of carbonyl (C=O) groups is 2. The third kappa shape index (κ3) is 6.59. The maximum Gasteiger partial charge on any atom is 0.336 e. The molecule has 0 unspecified atom stereocenters. The predicted molar refractivity (Wildman–Crippen MR) is 152 cm³/mol. The molecular weight excluding hydrogens is 498 g/mol. The Balaban J connectivity index is 1.60. The fraction of sp³-hybridized carbons (Fsp3) is 0.433. The summed E-state index contributed by atoms with van der Waals surface area (Å²) in [6.45, 7) is 7.58. The summed E-state index contributed by atoms with van der Waals surface area (Å²) in [6.07, 6.45) is 2.98. The highest BCUT2D eigenvalue weighted by molar-refractivity contribution is 7.80. The first kappa shape index (κ1) is 27.8. The number of amides is 1. The van der Waals surface area contributed by atoms with E-state index in [-0.39, 0.29) is 17.4 Å². The Hall–Kier alpha value is -3.26. The Bertz CT molecular complexity index is 1270. The van der Waals surface area contributed by atoms with Crippen molar-refractivity contribution in [1.82, 2.24) is 14.9 Å². The van der Waals surface area contributed by atoms with Gasteiger partial charge < -0.3 is 15.2 Å². The van der Waals surface area contributed by atoms with E-state index in [4.69, 9.17) is 9.72 Å². The Morgan fingerprint density at radius 3 is 2.47 bits per heavy atom. The van der Waals surface area contributed by atoms with Gasteiger partial charge in [0.15, 0.2) is 0 Å². The summed E-state index contributed by atoms with van der Waals surface area (Å²) in [4.78, 5) is 29.5. The molecule has 1 atom stereocenters. The number of carboxylic acid groups (broad SMARTS) is 1. The summed E-state index contributed by atoms with van der Waals surface area (Å²) >= 11 is 4.41. The molecule has 4 rings (SSSR count). The number of nitrogens with zero attached hydrogens (tertiary/aromatic N) is 2. The van der Waals surface area contributed by atoms with E-state index in [9.17, 15) is 14.7 Å². The van der Waals surface area contributed by atoms with E-state index in [1.807, 2.05) is 43.3 Å². The van der Waals surface area contributed by atoms with Crippen molar-refractivity contribution in [2.24, 2.45) is 11.8 Å². The molecule has 0 saturated heterocycles. The molecule has 1 aromatic heterocycles. The summed E-state index contributed by atoms with van der Waals surface area (Å²) in [5, 5.41) is 12.7. The second-order valence-electron chi connectivity index (χ2n) is 10.3. The third-order valence-electron chi connectivity index (χ3n) is 6.85. The van der Waals surface area contributed by atoms with Gasteiger partial charge in [-0.2, -0.15) is 17.6 Å². The van der Waals surface area contributed by atoms with Gasteiger partial charge in [0.1, 0.15) is 0 Å². The van der Waals surface area contributed by atoms with Gasteiger partial charge in [0.2, 0.25) is 5.91 Å². The second-order valence-corrected chi connectivity index (χ2v) is 10.7. The second kappa shape index (κ2) is 12.5. The monoisotopic (exact) mass is 535 g/mol. The number of ether oxygens (including phenoxy) is 1. The molecule has 3 aromatic rings. The number of carbonyl (C=O) groups excluding carboxylic acids is 1. The molecular formula is C30H37N3O4S. The zero-order chi connectivity index (χ0) is 27.2. The molecule has 0 aliphatic heterocycles. The van der Waals surface area contributed by atoms with E-state index in [1.54, 1.807) is 12.1 Å². The van der Waals surface area contributed by atoms with E-state index in [1.165, 1.54) is 0 Å². The minimum atomic E-state index is -0.947. The molecule has 0 radical (unpaired) electrons. The lowest BCUT2D eigenvalue weighted by molar-refractivity contribution is -0.125. The van der Waals surface area contributed by atoms with Crippen LogP contribution in [0.2, 0.25) is 0 Å². The van der Waals surface area contributed by atoms with E-state index in [0.29, 0.717) is 48.9 Å². The fourth-order valence-corrected chi connectivity index (χ4v) is 5.11. The summed E-state index contributed by atoms with van der Waals surface area (Å²) in [6, 6.07) is 15.5. The number of thiol groups is 1. The zero-order valence-electron chi connectivity index (χ0n) is 22.3. The number of carboxylic acids is 1. The first-order valence-corrected chi connectivity index (χ1v) is 14.0. The van der Waals surface area contributed by atoms with Crippen LogP contribution in [-0.4, -0.2) is 38.9 Å². The van der Waals surface area contributed by atoms with Gasteiger partial charge in [-0.05, 0) is 54.9 Å². The van der Waals surface area contributed by atoms with E-state index in [0.717, 1.165) is 41.8 Å². The number of nitrogens with one attached hydrogen (secondary N) is 1. The van der Waals surface area contributed by atoms with Crippen molar-refractivity contribution >= 4 is 24.5 Å². The molecule has 1 heterocycles. The molecule has 1 amide bonds. The molecule has 2 aromatic carbocycles. The average molecular weight is 536 g/mol. The number of imidazole rings is 1. The largest absolute Gasteiger partial charge is 0.478 e. The van der Waals surface area contributed by atoms with Gasteiger partial charge in [0.25, 0.3) is 6.01 Å². The first-order chi connectivity index (χ1) is 18.3. The van der Waals surface area contributed by atoms with Crippen molar-refractivity contribution in [2.75, 3.05) is 12.4 Å². The Morgan fingerprint density at radius 2 is 1.87 bits per heavy atom. The highest BCUT2D eigenvalue weighted by Gasteiger charge is 2.32. The van der Waals surface area contributed by atoms with Crippen LogP contribution in [0.25, 0.3) is 11.1 Å².